The van der Waals surface area contributed by atoms with E-state index in [0.29, 0.717) is 6.04 Å². The molecule has 1 rings (SSSR count). The molecule has 0 aliphatic rings. The Kier molecular flexibility index (Phi) is 5.53. The van der Waals surface area contributed by atoms with Crippen LogP contribution < -0.4 is 5.32 Å². The highest BCUT2D eigenvalue weighted by Crippen LogP contribution is 2.03. The van der Waals surface area contributed by atoms with Crippen LogP contribution in [0.5, 0.6) is 0 Å². The van der Waals surface area contributed by atoms with Crippen molar-refractivity contribution in [1.29, 1.82) is 0 Å². The molecule has 1 aromatic heterocycles. The lowest BCUT2D eigenvalue weighted by Crippen LogP contribution is -2.28. The van der Waals surface area contributed by atoms with E-state index in [9.17, 15) is 0 Å². The first kappa shape index (κ1) is 13.2. The predicted octanol–water partition coefficient (Wildman–Crippen LogP) is 2.61. The van der Waals surface area contributed by atoms with E-state index in [1.165, 1.54) is 12.0 Å². The number of aromatic nitrogens is 2. The third-order valence-corrected chi connectivity index (χ3v) is 2.64. The van der Waals surface area contributed by atoms with Crippen LogP contribution in [0.1, 0.15) is 39.2 Å². The second-order valence-electron chi connectivity index (χ2n) is 5.12. The first-order valence-corrected chi connectivity index (χ1v) is 6.30. The fraction of sp³-hybridized carbons (Fsp3) is 0.769. The van der Waals surface area contributed by atoms with Crippen molar-refractivity contribution in [3.63, 3.8) is 0 Å². The van der Waals surface area contributed by atoms with Gasteiger partial charge in [0.15, 0.2) is 0 Å². The molecule has 1 heterocycles. The van der Waals surface area contributed by atoms with Crippen LogP contribution in [0.3, 0.4) is 0 Å². The van der Waals surface area contributed by atoms with E-state index in [4.69, 9.17) is 0 Å². The van der Waals surface area contributed by atoms with E-state index in [2.05, 4.69) is 44.3 Å². The van der Waals surface area contributed by atoms with Crippen molar-refractivity contribution < 1.29 is 0 Å². The molecule has 3 nitrogen and oxygen atoms in total. The highest BCUT2D eigenvalue weighted by Gasteiger charge is 2.03. The van der Waals surface area contributed by atoms with E-state index < -0.39 is 0 Å². The van der Waals surface area contributed by atoms with E-state index >= 15 is 0 Å². The highest BCUT2D eigenvalue weighted by molar-refractivity contribution is 4.99. The Hall–Kier alpha value is -0.830. The number of rotatable bonds is 7. The molecular weight excluding hydrogens is 198 g/mol. The molecule has 0 saturated heterocycles. The molecule has 1 atom stereocenters. The third kappa shape index (κ3) is 5.31. The first-order valence-electron chi connectivity index (χ1n) is 6.30. The molecule has 0 bridgehead atoms. The van der Waals surface area contributed by atoms with Crippen molar-refractivity contribution >= 4 is 0 Å². The van der Waals surface area contributed by atoms with Crippen LogP contribution in [0.25, 0.3) is 0 Å². The van der Waals surface area contributed by atoms with Crippen LogP contribution in [0.2, 0.25) is 0 Å². The highest BCUT2D eigenvalue weighted by atomic mass is 15.3. The molecule has 0 amide bonds. The lowest BCUT2D eigenvalue weighted by Gasteiger charge is -2.15. The molecule has 1 N–H and O–H groups in total. The Labute approximate surface area is 99.2 Å². The quantitative estimate of drug-likeness (QED) is 0.720. The lowest BCUT2D eigenvalue weighted by molar-refractivity contribution is 0.428. The van der Waals surface area contributed by atoms with Crippen molar-refractivity contribution in [2.45, 2.75) is 53.1 Å². The molecule has 0 aliphatic heterocycles. The van der Waals surface area contributed by atoms with Crippen molar-refractivity contribution in [2.75, 3.05) is 6.54 Å². The number of nitrogens with zero attached hydrogens (tertiary/aromatic N) is 2. The number of aryl methyl sites for hydroxylation is 2. The van der Waals surface area contributed by atoms with Gasteiger partial charge in [0.05, 0.1) is 6.20 Å². The molecule has 0 spiro atoms. The lowest BCUT2D eigenvalue weighted by atomic mass is 10.1. The van der Waals surface area contributed by atoms with Crippen LogP contribution >= 0.6 is 0 Å². The largest absolute Gasteiger partial charge is 0.314 e. The summed E-state index contributed by atoms with van der Waals surface area (Å²) in [6.45, 7) is 11.0. The molecule has 0 aliphatic carbocycles. The molecule has 92 valence electrons. The summed E-state index contributed by atoms with van der Waals surface area (Å²) in [7, 11) is 0. The van der Waals surface area contributed by atoms with Gasteiger partial charge in [0.25, 0.3) is 0 Å². The first-order chi connectivity index (χ1) is 7.58. The maximum atomic E-state index is 4.27. The molecule has 1 unspecified atom stereocenters. The minimum absolute atomic E-state index is 0.624. The average Bonchev–Trinajstić information content (AvgIpc) is 2.58. The van der Waals surface area contributed by atoms with Crippen LogP contribution in [-0.2, 0) is 6.54 Å². The van der Waals surface area contributed by atoms with Gasteiger partial charge in [-0.25, -0.2) is 0 Å². The zero-order chi connectivity index (χ0) is 12.0. The van der Waals surface area contributed by atoms with Gasteiger partial charge in [0, 0.05) is 18.8 Å². The molecule has 0 radical (unpaired) electrons. The van der Waals surface area contributed by atoms with Crippen LogP contribution in [0.15, 0.2) is 12.4 Å². The standard InChI is InChI=1S/C13H25N3/c1-11(2)8-13(4)14-6-5-7-16-10-12(3)9-15-16/h9-11,13-14H,5-8H2,1-4H3. The van der Waals surface area contributed by atoms with Gasteiger partial charge in [-0.1, -0.05) is 13.8 Å². The SMILES string of the molecule is Cc1cnn(CCCNC(C)CC(C)C)c1. The normalized spacial score (nSPS) is 13.3. The molecular formula is C13H25N3. The van der Waals surface area contributed by atoms with E-state index in [0.717, 1.165) is 25.4 Å². The van der Waals surface area contributed by atoms with Gasteiger partial charge < -0.3 is 5.32 Å². The van der Waals surface area contributed by atoms with Gasteiger partial charge >= 0.3 is 0 Å². The van der Waals surface area contributed by atoms with Gasteiger partial charge in [0.1, 0.15) is 0 Å². The Morgan fingerprint density at radius 2 is 2.12 bits per heavy atom. The Balaban J connectivity index is 2.07. The summed E-state index contributed by atoms with van der Waals surface area (Å²) in [5.74, 6) is 0.774. The molecule has 3 heteroatoms. The smallest absolute Gasteiger partial charge is 0.0518 e. The van der Waals surface area contributed by atoms with Crippen molar-refractivity contribution in [2.24, 2.45) is 5.92 Å². The van der Waals surface area contributed by atoms with Gasteiger partial charge in [-0.2, -0.15) is 5.10 Å². The number of hydrogen-bond acceptors (Lipinski definition) is 2. The van der Waals surface area contributed by atoms with Gasteiger partial charge in [-0.3, -0.25) is 4.68 Å². The fourth-order valence-electron chi connectivity index (χ4n) is 1.97. The van der Waals surface area contributed by atoms with Crippen molar-refractivity contribution in [1.82, 2.24) is 15.1 Å². The summed E-state index contributed by atoms with van der Waals surface area (Å²) in [5.41, 5.74) is 1.24. The fourth-order valence-corrected chi connectivity index (χ4v) is 1.97. The molecule has 0 saturated carbocycles. The maximum absolute atomic E-state index is 4.27. The molecule has 0 fully saturated rings. The summed E-state index contributed by atoms with van der Waals surface area (Å²) in [6.07, 6.45) is 6.40. The Bertz CT molecular complexity index is 291. The second kappa shape index (κ2) is 6.69. The number of hydrogen-bond donors (Lipinski definition) is 1. The monoisotopic (exact) mass is 223 g/mol. The topological polar surface area (TPSA) is 29.9 Å². The summed E-state index contributed by atoms with van der Waals surface area (Å²) < 4.78 is 2.02. The second-order valence-corrected chi connectivity index (χ2v) is 5.12. The zero-order valence-corrected chi connectivity index (χ0v) is 11.0. The third-order valence-electron chi connectivity index (χ3n) is 2.64. The Morgan fingerprint density at radius 3 is 2.69 bits per heavy atom. The summed E-state index contributed by atoms with van der Waals surface area (Å²) in [6, 6.07) is 0.624. The van der Waals surface area contributed by atoms with Crippen molar-refractivity contribution in [3.8, 4) is 0 Å². The van der Waals surface area contributed by atoms with Crippen LogP contribution in [-0.4, -0.2) is 22.4 Å². The van der Waals surface area contributed by atoms with E-state index in [1.807, 2.05) is 10.9 Å². The molecule has 0 aromatic carbocycles. The number of nitrogens with one attached hydrogen (secondary N) is 1. The van der Waals surface area contributed by atoms with Crippen LogP contribution in [0, 0.1) is 12.8 Å². The van der Waals surface area contributed by atoms with Crippen LogP contribution in [0.4, 0.5) is 0 Å². The van der Waals surface area contributed by atoms with Gasteiger partial charge in [-0.05, 0) is 44.7 Å². The van der Waals surface area contributed by atoms with Gasteiger partial charge in [0.2, 0.25) is 0 Å². The Morgan fingerprint density at radius 1 is 1.38 bits per heavy atom. The average molecular weight is 223 g/mol. The zero-order valence-electron chi connectivity index (χ0n) is 11.0. The minimum Gasteiger partial charge on any atom is -0.314 e. The summed E-state index contributed by atoms with van der Waals surface area (Å²) in [5, 5.41) is 7.82. The molecule has 16 heavy (non-hydrogen) atoms. The maximum Gasteiger partial charge on any atom is 0.0518 e. The summed E-state index contributed by atoms with van der Waals surface area (Å²) >= 11 is 0. The van der Waals surface area contributed by atoms with Gasteiger partial charge in [-0.15, -0.1) is 0 Å². The van der Waals surface area contributed by atoms with E-state index in [1.54, 1.807) is 0 Å². The summed E-state index contributed by atoms with van der Waals surface area (Å²) in [4.78, 5) is 0. The van der Waals surface area contributed by atoms with Crippen molar-refractivity contribution in [3.05, 3.63) is 18.0 Å². The van der Waals surface area contributed by atoms with E-state index in [-0.39, 0.29) is 0 Å². The predicted molar refractivity (Wildman–Crippen MR) is 68.5 cm³/mol. The minimum atomic E-state index is 0.624. The molecule has 1 aromatic rings.